The highest BCUT2D eigenvalue weighted by molar-refractivity contribution is 4.80. The van der Waals surface area contributed by atoms with Gasteiger partial charge in [0.2, 0.25) is 0 Å². The summed E-state index contributed by atoms with van der Waals surface area (Å²) in [5.41, 5.74) is 0. The molecule has 1 radical (unpaired) electrons. The Morgan fingerprint density at radius 3 is 2.25 bits per heavy atom. The maximum absolute atomic E-state index is 10.1. The number of hydrogen-bond acceptors (Lipinski definition) is 0. The second-order valence-corrected chi connectivity index (χ2v) is 3.17. The quantitative estimate of drug-likeness (QED) is 0.390. The molecule has 0 amide bonds. The minimum Gasteiger partial charge on any atom is -0.237 e. The molecule has 0 aliphatic heterocycles. The summed E-state index contributed by atoms with van der Waals surface area (Å²) in [5.74, 6) is 0. The molecule has 0 aromatic rings. The van der Waals surface area contributed by atoms with E-state index in [1.807, 2.05) is 0 Å². The van der Waals surface area contributed by atoms with Crippen molar-refractivity contribution in [3.63, 3.8) is 0 Å². The SMILES string of the molecule is CCC/C=C/CCCCCC[O]. The standard InChI is InChI=1S/C11H21O/c1-2-3-4-5-6-7-8-9-10-11-12/h4-5H,2-3,6-11H2,1H3/b5-4+. The Balaban J connectivity index is 2.90. The van der Waals surface area contributed by atoms with E-state index in [4.69, 9.17) is 0 Å². The maximum Gasteiger partial charge on any atom is 0.0822 e. The first-order chi connectivity index (χ1) is 5.91. The summed E-state index contributed by atoms with van der Waals surface area (Å²) in [7, 11) is 0. The maximum atomic E-state index is 10.1. The average molecular weight is 169 g/mol. The fourth-order valence-corrected chi connectivity index (χ4v) is 1.12. The Hall–Kier alpha value is -0.300. The van der Waals surface area contributed by atoms with Crippen molar-refractivity contribution in [3.05, 3.63) is 12.2 Å². The average Bonchev–Trinajstić information content (AvgIpc) is 2.10. The first kappa shape index (κ1) is 11.7. The molecule has 1 heteroatoms. The molecule has 71 valence electrons. The predicted molar refractivity (Wildman–Crippen MR) is 52.7 cm³/mol. The molecule has 0 spiro atoms. The Morgan fingerprint density at radius 1 is 0.917 bits per heavy atom. The van der Waals surface area contributed by atoms with Crippen molar-refractivity contribution >= 4 is 0 Å². The first-order valence-electron chi connectivity index (χ1n) is 5.15. The van der Waals surface area contributed by atoms with Crippen LogP contribution in [0, 0.1) is 0 Å². The summed E-state index contributed by atoms with van der Waals surface area (Å²) in [6, 6.07) is 0. The summed E-state index contributed by atoms with van der Waals surface area (Å²) in [6.45, 7) is 2.30. The van der Waals surface area contributed by atoms with Crippen LogP contribution in [0.2, 0.25) is 0 Å². The van der Waals surface area contributed by atoms with E-state index in [0.717, 1.165) is 12.8 Å². The third-order valence-electron chi connectivity index (χ3n) is 1.89. The number of allylic oxidation sites excluding steroid dienone is 2. The normalized spacial score (nSPS) is 11.2. The zero-order chi connectivity index (χ0) is 9.07. The largest absolute Gasteiger partial charge is 0.237 e. The predicted octanol–water partition coefficient (Wildman–Crippen LogP) is 3.72. The second-order valence-electron chi connectivity index (χ2n) is 3.17. The molecule has 0 heterocycles. The summed E-state index contributed by atoms with van der Waals surface area (Å²) < 4.78 is 0. The number of rotatable bonds is 8. The first-order valence-corrected chi connectivity index (χ1v) is 5.15. The van der Waals surface area contributed by atoms with Gasteiger partial charge in [0.25, 0.3) is 0 Å². The van der Waals surface area contributed by atoms with Crippen molar-refractivity contribution in [2.24, 2.45) is 0 Å². The molecule has 0 N–H and O–H groups in total. The molecule has 0 aromatic heterocycles. The van der Waals surface area contributed by atoms with E-state index < -0.39 is 0 Å². The van der Waals surface area contributed by atoms with Gasteiger partial charge in [-0.1, -0.05) is 38.3 Å². The van der Waals surface area contributed by atoms with Crippen LogP contribution in [0.1, 0.15) is 51.9 Å². The molecule has 0 saturated heterocycles. The monoisotopic (exact) mass is 169 g/mol. The van der Waals surface area contributed by atoms with Crippen molar-refractivity contribution in [2.45, 2.75) is 51.9 Å². The van der Waals surface area contributed by atoms with Crippen LogP contribution in [-0.4, -0.2) is 6.61 Å². The highest BCUT2D eigenvalue weighted by Crippen LogP contribution is 2.03. The van der Waals surface area contributed by atoms with E-state index in [0.29, 0.717) is 0 Å². The van der Waals surface area contributed by atoms with Crippen LogP contribution in [0.15, 0.2) is 12.2 Å². The lowest BCUT2D eigenvalue weighted by molar-refractivity contribution is 0.186. The third kappa shape index (κ3) is 9.70. The fourth-order valence-electron chi connectivity index (χ4n) is 1.12. The molecule has 12 heavy (non-hydrogen) atoms. The lowest BCUT2D eigenvalue weighted by Crippen LogP contribution is -1.80. The van der Waals surface area contributed by atoms with Gasteiger partial charge in [0, 0.05) is 0 Å². The van der Waals surface area contributed by atoms with Crippen LogP contribution in [0.3, 0.4) is 0 Å². The highest BCUT2D eigenvalue weighted by Gasteiger charge is 1.86. The molecular formula is C11H21O. The molecule has 0 aromatic carbocycles. The summed E-state index contributed by atoms with van der Waals surface area (Å²) in [6.07, 6.45) is 12.6. The van der Waals surface area contributed by atoms with Gasteiger partial charge in [-0.3, -0.25) is 0 Å². The van der Waals surface area contributed by atoms with Gasteiger partial charge in [0.05, 0.1) is 6.61 Å². The van der Waals surface area contributed by atoms with Crippen molar-refractivity contribution in [1.82, 2.24) is 0 Å². The van der Waals surface area contributed by atoms with Crippen molar-refractivity contribution < 1.29 is 5.11 Å². The second kappa shape index (κ2) is 10.7. The van der Waals surface area contributed by atoms with Gasteiger partial charge < -0.3 is 0 Å². The van der Waals surface area contributed by atoms with Crippen molar-refractivity contribution in [1.29, 1.82) is 0 Å². The van der Waals surface area contributed by atoms with Gasteiger partial charge in [0.15, 0.2) is 0 Å². The fraction of sp³-hybridized carbons (Fsp3) is 0.818. The Kier molecular flexibility index (Phi) is 10.4. The molecule has 0 fully saturated rings. The molecule has 0 bridgehead atoms. The van der Waals surface area contributed by atoms with Gasteiger partial charge in [-0.15, -0.1) is 0 Å². The smallest absolute Gasteiger partial charge is 0.0822 e. The minimum absolute atomic E-state index is 0.103. The molecular weight excluding hydrogens is 148 g/mol. The zero-order valence-electron chi connectivity index (χ0n) is 8.22. The van der Waals surface area contributed by atoms with Gasteiger partial charge in [-0.25, -0.2) is 5.11 Å². The van der Waals surface area contributed by atoms with Crippen LogP contribution in [0.5, 0.6) is 0 Å². The van der Waals surface area contributed by atoms with E-state index in [1.54, 1.807) is 0 Å². The molecule has 0 rings (SSSR count). The highest BCUT2D eigenvalue weighted by atomic mass is 16.2. The molecule has 1 nitrogen and oxygen atoms in total. The van der Waals surface area contributed by atoms with Crippen LogP contribution in [0.4, 0.5) is 0 Å². The topological polar surface area (TPSA) is 19.9 Å². The molecule has 0 unspecified atom stereocenters. The Labute approximate surface area is 76.5 Å². The van der Waals surface area contributed by atoms with E-state index in [1.165, 1.54) is 32.1 Å². The van der Waals surface area contributed by atoms with Crippen LogP contribution in [0.25, 0.3) is 0 Å². The Morgan fingerprint density at radius 2 is 1.58 bits per heavy atom. The minimum atomic E-state index is 0.103. The molecule has 0 atom stereocenters. The van der Waals surface area contributed by atoms with Gasteiger partial charge in [-0.2, -0.15) is 0 Å². The number of unbranched alkanes of at least 4 members (excludes halogenated alkanes) is 5. The van der Waals surface area contributed by atoms with Crippen molar-refractivity contribution in [2.75, 3.05) is 6.61 Å². The lowest BCUT2D eigenvalue weighted by Gasteiger charge is -1.94. The summed E-state index contributed by atoms with van der Waals surface area (Å²) in [5, 5.41) is 10.1. The van der Waals surface area contributed by atoms with Crippen molar-refractivity contribution in [3.8, 4) is 0 Å². The molecule has 0 aliphatic rings. The zero-order valence-corrected chi connectivity index (χ0v) is 8.22. The molecule has 0 saturated carbocycles. The van der Waals surface area contributed by atoms with E-state index in [-0.39, 0.29) is 6.61 Å². The number of hydrogen-bond donors (Lipinski definition) is 0. The van der Waals surface area contributed by atoms with Gasteiger partial charge in [-0.05, 0) is 25.7 Å². The summed E-state index contributed by atoms with van der Waals surface area (Å²) >= 11 is 0. The lowest BCUT2D eigenvalue weighted by atomic mass is 10.1. The van der Waals surface area contributed by atoms with E-state index >= 15 is 0 Å². The van der Waals surface area contributed by atoms with Crippen LogP contribution < -0.4 is 0 Å². The van der Waals surface area contributed by atoms with Crippen LogP contribution >= 0.6 is 0 Å². The Bertz CT molecular complexity index is 97.2. The summed E-state index contributed by atoms with van der Waals surface area (Å²) in [4.78, 5) is 0. The third-order valence-corrected chi connectivity index (χ3v) is 1.89. The van der Waals surface area contributed by atoms with Crippen LogP contribution in [-0.2, 0) is 5.11 Å². The van der Waals surface area contributed by atoms with Gasteiger partial charge in [0.1, 0.15) is 0 Å². The van der Waals surface area contributed by atoms with E-state index in [9.17, 15) is 5.11 Å². The van der Waals surface area contributed by atoms with Gasteiger partial charge >= 0.3 is 0 Å². The van der Waals surface area contributed by atoms with E-state index in [2.05, 4.69) is 19.1 Å². The molecule has 0 aliphatic carbocycles.